The zero-order valence-electron chi connectivity index (χ0n) is 9.92. The van der Waals surface area contributed by atoms with Crippen molar-refractivity contribution in [2.45, 2.75) is 57.7 Å². The smallest absolute Gasteiger partial charge is 0.118 e. The van der Waals surface area contributed by atoms with E-state index < -0.39 is 5.67 Å². The Morgan fingerprint density at radius 1 is 1.56 bits per heavy atom. The molecule has 0 bridgehead atoms. The fraction of sp³-hybridized carbons (Fsp3) is 0.750. The summed E-state index contributed by atoms with van der Waals surface area (Å²) in [5.41, 5.74) is 5.76. The lowest BCUT2D eigenvalue weighted by molar-refractivity contribution is 0.0964. The SMILES string of the molecule is Cc1nc(CC2(F)CCCC(N)C2)sc1C. The molecule has 2 unspecified atom stereocenters. The first-order valence-electron chi connectivity index (χ1n) is 5.86. The van der Waals surface area contributed by atoms with Crippen molar-refractivity contribution >= 4 is 11.3 Å². The number of nitrogens with zero attached hydrogens (tertiary/aromatic N) is 1. The number of hydrogen-bond donors (Lipinski definition) is 1. The van der Waals surface area contributed by atoms with Crippen LogP contribution < -0.4 is 5.73 Å². The van der Waals surface area contributed by atoms with Crippen LogP contribution in [0, 0.1) is 13.8 Å². The molecule has 1 aromatic heterocycles. The van der Waals surface area contributed by atoms with Crippen molar-refractivity contribution in [1.82, 2.24) is 4.98 Å². The molecule has 2 nitrogen and oxygen atoms in total. The lowest BCUT2D eigenvalue weighted by atomic mass is 9.81. The van der Waals surface area contributed by atoms with Crippen LogP contribution in [0.2, 0.25) is 0 Å². The summed E-state index contributed by atoms with van der Waals surface area (Å²) in [5.74, 6) is 0. The van der Waals surface area contributed by atoms with Gasteiger partial charge in [-0.15, -0.1) is 11.3 Å². The number of halogens is 1. The molecule has 0 saturated heterocycles. The van der Waals surface area contributed by atoms with Crippen LogP contribution in [0.3, 0.4) is 0 Å². The van der Waals surface area contributed by atoms with Crippen LogP contribution in [0.4, 0.5) is 4.39 Å². The molecule has 0 amide bonds. The van der Waals surface area contributed by atoms with Crippen LogP contribution >= 0.6 is 11.3 Å². The van der Waals surface area contributed by atoms with Crippen molar-refractivity contribution < 1.29 is 4.39 Å². The van der Waals surface area contributed by atoms with E-state index in [2.05, 4.69) is 4.98 Å². The maximum atomic E-state index is 14.5. The van der Waals surface area contributed by atoms with E-state index in [0.29, 0.717) is 19.3 Å². The number of aromatic nitrogens is 1. The second-order valence-electron chi connectivity index (χ2n) is 4.93. The first-order chi connectivity index (χ1) is 7.48. The number of hydrogen-bond acceptors (Lipinski definition) is 3. The molecule has 2 atom stereocenters. The Hall–Kier alpha value is -0.480. The third-order valence-electron chi connectivity index (χ3n) is 3.37. The Morgan fingerprint density at radius 3 is 2.88 bits per heavy atom. The van der Waals surface area contributed by atoms with Gasteiger partial charge in [0.2, 0.25) is 0 Å². The van der Waals surface area contributed by atoms with Crippen molar-refractivity contribution in [3.8, 4) is 0 Å². The first kappa shape index (κ1) is 12.0. The van der Waals surface area contributed by atoms with Crippen molar-refractivity contribution in [3.05, 3.63) is 15.6 Å². The Morgan fingerprint density at radius 2 is 2.31 bits per heavy atom. The summed E-state index contributed by atoms with van der Waals surface area (Å²) < 4.78 is 14.5. The van der Waals surface area contributed by atoms with E-state index in [9.17, 15) is 4.39 Å². The summed E-state index contributed by atoms with van der Waals surface area (Å²) in [6.45, 7) is 4.01. The van der Waals surface area contributed by atoms with Gasteiger partial charge in [-0.1, -0.05) is 0 Å². The molecule has 90 valence electrons. The lowest BCUT2D eigenvalue weighted by Crippen LogP contribution is -2.39. The van der Waals surface area contributed by atoms with Crippen molar-refractivity contribution in [2.24, 2.45) is 5.73 Å². The Balaban J connectivity index is 2.07. The Bertz CT molecular complexity index is 358. The van der Waals surface area contributed by atoms with Gasteiger partial charge in [0.15, 0.2) is 0 Å². The molecule has 0 aliphatic heterocycles. The molecule has 0 aromatic carbocycles. The highest BCUT2D eigenvalue weighted by atomic mass is 32.1. The van der Waals surface area contributed by atoms with Gasteiger partial charge in [0, 0.05) is 17.3 Å². The van der Waals surface area contributed by atoms with Gasteiger partial charge >= 0.3 is 0 Å². The molecular weight excluding hydrogens is 223 g/mol. The highest BCUT2D eigenvalue weighted by Gasteiger charge is 2.36. The molecule has 1 fully saturated rings. The largest absolute Gasteiger partial charge is 0.328 e. The van der Waals surface area contributed by atoms with Crippen molar-refractivity contribution in [2.75, 3.05) is 0 Å². The third-order valence-corrected chi connectivity index (χ3v) is 4.44. The van der Waals surface area contributed by atoms with E-state index in [0.717, 1.165) is 23.5 Å². The quantitative estimate of drug-likeness (QED) is 0.866. The van der Waals surface area contributed by atoms with E-state index in [1.54, 1.807) is 11.3 Å². The molecule has 1 saturated carbocycles. The van der Waals surface area contributed by atoms with Gasteiger partial charge in [-0.3, -0.25) is 0 Å². The number of aryl methyl sites for hydroxylation is 2. The average molecular weight is 242 g/mol. The van der Waals surface area contributed by atoms with Gasteiger partial charge in [-0.2, -0.15) is 0 Å². The fourth-order valence-corrected chi connectivity index (χ4v) is 3.46. The number of rotatable bonds is 2. The molecule has 0 radical (unpaired) electrons. The predicted molar refractivity (Wildman–Crippen MR) is 65.6 cm³/mol. The van der Waals surface area contributed by atoms with Gasteiger partial charge in [-0.25, -0.2) is 9.37 Å². The van der Waals surface area contributed by atoms with E-state index in [4.69, 9.17) is 5.73 Å². The number of thiazole rings is 1. The van der Waals surface area contributed by atoms with Crippen molar-refractivity contribution in [3.63, 3.8) is 0 Å². The van der Waals surface area contributed by atoms with Gasteiger partial charge in [-0.05, 0) is 39.5 Å². The minimum absolute atomic E-state index is 0.0286. The molecule has 1 heterocycles. The summed E-state index contributed by atoms with van der Waals surface area (Å²) >= 11 is 1.62. The Kier molecular flexibility index (Phi) is 3.31. The average Bonchev–Trinajstić information content (AvgIpc) is 2.43. The summed E-state index contributed by atoms with van der Waals surface area (Å²) in [6, 6.07) is 0.0286. The molecule has 2 rings (SSSR count). The van der Waals surface area contributed by atoms with Crippen LogP contribution in [0.25, 0.3) is 0 Å². The zero-order valence-corrected chi connectivity index (χ0v) is 10.7. The zero-order chi connectivity index (χ0) is 11.8. The van der Waals surface area contributed by atoms with E-state index >= 15 is 0 Å². The van der Waals surface area contributed by atoms with Gasteiger partial charge in [0.1, 0.15) is 5.67 Å². The lowest BCUT2D eigenvalue weighted by Gasteiger charge is -2.32. The fourth-order valence-electron chi connectivity index (χ4n) is 2.40. The minimum Gasteiger partial charge on any atom is -0.328 e. The minimum atomic E-state index is -1.12. The molecule has 1 aromatic rings. The number of nitrogens with two attached hydrogens (primary N) is 1. The molecule has 0 spiro atoms. The van der Waals surface area contributed by atoms with Crippen LogP contribution in [-0.2, 0) is 6.42 Å². The predicted octanol–water partition coefficient (Wildman–Crippen LogP) is 2.91. The van der Waals surface area contributed by atoms with Crippen molar-refractivity contribution in [1.29, 1.82) is 0 Å². The second kappa shape index (κ2) is 4.41. The monoisotopic (exact) mass is 242 g/mol. The molecule has 1 aliphatic rings. The topological polar surface area (TPSA) is 38.9 Å². The molecule has 16 heavy (non-hydrogen) atoms. The maximum absolute atomic E-state index is 14.5. The van der Waals surface area contributed by atoms with Crippen LogP contribution in [0.5, 0.6) is 0 Å². The highest BCUT2D eigenvalue weighted by Crippen LogP contribution is 2.35. The van der Waals surface area contributed by atoms with E-state index in [1.807, 2.05) is 13.8 Å². The maximum Gasteiger partial charge on any atom is 0.118 e. The first-order valence-corrected chi connectivity index (χ1v) is 6.67. The van der Waals surface area contributed by atoms with Crippen LogP contribution in [0.1, 0.15) is 41.3 Å². The molecule has 1 aliphatic carbocycles. The van der Waals surface area contributed by atoms with E-state index in [1.165, 1.54) is 4.88 Å². The third kappa shape index (κ3) is 2.61. The second-order valence-corrected chi connectivity index (χ2v) is 6.22. The van der Waals surface area contributed by atoms with Gasteiger partial charge in [0.05, 0.1) is 10.7 Å². The summed E-state index contributed by atoms with van der Waals surface area (Å²) in [6.07, 6.45) is 3.44. The summed E-state index contributed by atoms with van der Waals surface area (Å²) in [4.78, 5) is 5.61. The molecule has 2 N–H and O–H groups in total. The molecule has 4 heteroatoms. The van der Waals surface area contributed by atoms with Gasteiger partial charge in [0.25, 0.3) is 0 Å². The van der Waals surface area contributed by atoms with Gasteiger partial charge < -0.3 is 5.73 Å². The summed E-state index contributed by atoms with van der Waals surface area (Å²) in [5, 5.41) is 0.923. The standard InChI is InChI=1S/C12H19FN2S/c1-8-9(2)16-11(15-8)7-12(13)5-3-4-10(14)6-12/h10H,3-7,14H2,1-2H3. The Labute approximate surface area is 100 Å². The normalized spacial score (nSPS) is 30.6. The van der Waals surface area contributed by atoms with Crippen LogP contribution in [-0.4, -0.2) is 16.7 Å². The van der Waals surface area contributed by atoms with Crippen LogP contribution in [0.15, 0.2) is 0 Å². The van der Waals surface area contributed by atoms with E-state index in [-0.39, 0.29) is 6.04 Å². The highest BCUT2D eigenvalue weighted by molar-refractivity contribution is 7.11. The summed E-state index contributed by atoms with van der Waals surface area (Å²) in [7, 11) is 0. The molecular formula is C12H19FN2S. The number of alkyl halides is 1.